The molecule has 1 amide bonds. The van der Waals surface area contributed by atoms with Crippen LogP contribution in [0.25, 0.3) is 0 Å². The molecule has 0 aliphatic heterocycles. The molecule has 0 saturated carbocycles. The van der Waals surface area contributed by atoms with Gasteiger partial charge in [-0.1, -0.05) is 71.6 Å². The van der Waals surface area contributed by atoms with Crippen molar-refractivity contribution in [3.05, 3.63) is 77.9 Å². The molecule has 7 heteroatoms. The smallest absolute Gasteiger partial charge is 0.242 e. The number of hydrogen-bond acceptors (Lipinski definition) is 6. The molecule has 2 N–H and O–H groups in total. The number of aryl methyl sites for hydroxylation is 2. The van der Waals surface area contributed by atoms with Crippen molar-refractivity contribution in [2.75, 3.05) is 17.2 Å². The molecule has 1 unspecified atom stereocenters. The highest BCUT2D eigenvalue weighted by Crippen LogP contribution is 2.38. The Morgan fingerprint density at radius 3 is 2.75 bits per heavy atom. The maximum atomic E-state index is 13.2. The zero-order valence-electron chi connectivity index (χ0n) is 15.8. The maximum absolute atomic E-state index is 13.2. The van der Waals surface area contributed by atoms with Gasteiger partial charge in [0.15, 0.2) is 4.34 Å². The number of amides is 1. The van der Waals surface area contributed by atoms with E-state index in [1.54, 1.807) is 6.08 Å². The van der Waals surface area contributed by atoms with E-state index in [4.69, 9.17) is 0 Å². The van der Waals surface area contributed by atoms with Gasteiger partial charge in [-0.3, -0.25) is 4.79 Å². The second-order valence-corrected chi connectivity index (χ2v) is 8.59. The van der Waals surface area contributed by atoms with Crippen LogP contribution in [0.3, 0.4) is 0 Å². The average Bonchev–Trinajstić information content (AvgIpc) is 3.15. The van der Waals surface area contributed by atoms with E-state index < -0.39 is 5.25 Å². The molecule has 3 aromatic rings. The SMILES string of the molecule is C=CCNc1nnc(SC(C(=O)Nc2cc(C)ccc2C)c2ccccc2)s1. The summed E-state index contributed by atoms with van der Waals surface area (Å²) in [6, 6.07) is 15.8. The molecule has 1 heterocycles. The van der Waals surface area contributed by atoms with Crippen molar-refractivity contribution < 1.29 is 4.79 Å². The molecule has 1 atom stereocenters. The van der Waals surface area contributed by atoms with E-state index >= 15 is 0 Å². The molecule has 0 saturated heterocycles. The van der Waals surface area contributed by atoms with Crippen LogP contribution in [0.1, 0.15) is 21.9 Å². The summed E-state index contributed by atoms with van der Waals surface area (Å²) in [7, 11) is 0. The number of aromatic nitrogens is 2. The van der Waals surface area contributed by atoms with Crippen LogP contribution in [0.5, 0.6) is 0 Å². The van der Waals surface area contributed by atoms with Crippen LogP contribution < -0.4 is 10.6 Å². The number of nitrogens with one attached hydrogen (secondary N) is 2. The van der Waals surface area contributed by atoms with Crippen LogP contribution in [0.2, 0.25) is 0 Å². The van der Waals surface area contributed by atoms with Crippen LogP contribution in [0.4, 0.5) is 10.8 Å². The van der Waals surface area contributed by atoms with Gasteiger partial charge in [-0.15, -0.1) is 16.8 Å². The average molecular weight is 411 g/mol. The summed E-state index contributed by atoms with van der Waals surface area (Å²) in [5.41, 5.74) is 3.89. The van der Waals surface area contributed by atoms with E-state index in [0.717, 1.165) is 26.7 Å². The molecule has 0 fully saturated rings. The fourth-order valence-corrected chi connectivity index (χ4v) is 4.51. The number of thioether (sulfide) groups is 1. The van der Waals surface area contributed by atoms with Crippen LogP contribution >= 0.6 is 23.1 Å². The summed E-state index contributed by atoms with van der Waals surface area (Å²) < 4.78 is 0.733. The molecule has 0 radical (unpaired) electrons. The largest absolute Gasteiger partial charge is 0.357 e. The summed E-state index contributed by atoms with van der Waals surface area (Å²) >= 11 is 2.83. The van der Waals surface area contributed by atoms with Crippen molar-refractivity contribution in [1.29, 1.82) is 0 Å². The summed E-state index contributed by atoms with van der Waals surface area (Å²) in [6.07, 6.45) is 1.76. The van der Waals surface area contributed by atoms with Crippen molar-refractivity contribution in [1.82, 2.24) is 10.2 Å². The van der Waals surface area contributed by atoms with Gasteiger partial charge in [0.25, 0.3) is 0 Å². The molecule has 28 heavy (non-hydrogen) atoms. The first-order valence-corrected chi connectivity index (χ1v) is 10.5. The van der Waals surface area contributed by atoms with Gasteiger partial charge in [0.05, 0.1) is 0 Å². The lowest BCUT2D eigenvalue weighted by molar-refractivity contribution is -0.115. The third-order valence-electron chi connectivity index (χ3n) is 4.01. The normalized spacial score (nSPS) is 11.6. The lowest BCUT2D eigenvalue weighted by atomic mass is 10.1. The number of carbonyl (C=O) groups excluding carboxylic acids is 1. The number of anilines is 2. The summed E-state index contributed by atoms with van der Waals surface area (Å²) in [6.45, 7) is 8.30. The van der Waals surface area contributed by atoms with Gasteiger partial charge in [0.2, 0.25) is 11.0 Å². The first-order valence-electron chi connectivity index (χ1n) is 8.85. The quantitative estimate of drug-likeness (QED) is 0.393. The lowest BCUT2D eigenvalue weighted by Gasteiger charge is -2.17. The molecule has 0 aliphatic carbocycles. The number of benzene rings is 2. The van der Waals surface area contributed by atoms with Gasteiger partial charge in [0.1, 0.15) is 5.25 Å². The highest BCUT2D eigenvalue weighted by molar-refractivity contribution is 8.02. The Morgan fingerprint density at radius 1 is 1.21 bits per heavy atom. The predicted octanol–water partition coefficient (Wildman–Crippen LogP) is 5.22. The monoisotopic (exact) mass is 410 g/mol. The third-order valence-corrected chi connectivity index (χ3v) is 6.23. The Kier molecular flexibility index (Phi) is 6.84. The third kappa shape index (κ3) is 5.21. The van der Waals surface area contributed by atoms with Crippen LogP contribution in [-0.4, -0.2) is 22.6 Å². The predicted molar refractivity (Wildman–Crippen MR) is 118 cm³/mol. The van der Waals surface area contributed by atoms with Gasteiger partial charge in [-0.2, -0.15) is 0 Å². The maximum Gasteiger partial charge on any atom is 0.242 e. The van der Waals surface area contributed by atoms with Crippen molar-refractivity contribution in [3.8, 4) is 0 Å². The van der Waals surface area contributed by atoms with Gasteiger partial charge in [0, 0.05) is 12.2 Å². The number of nitrogens with zero attached hydrogens (tertiary/aromatic N) is 2. The lowest BCUT2D eigenvalue weighted by Crippen LogP contribution is -2.19. The molecule has 5 nitrogen and oxygen atoms in total. The second kappa shape index (κ2) is 9.52. The molecule has 0 spiro atoms. The second-order valence-electron chi connectivity index (χ2n) is 6.26. The van der Waals surface area contributed by atoms with Gasteiger partial charge in [-0.05, 0) is 36.6 Å². The number of hydrogen-bond donors (Lipinski definition) is 2. The van der Waals surface area contributed by atoms with E-state index in [2.05, 4.69) is 27.4 Å². The van der Waals surface area contributed by atoms with E-state index in [0.29, 0.717) is 11.7 Å². The Morgan fingerprint density at radius 2 is 2.00 bits per heavy atom. The van der Waals surface area contributed by atoms with E-state index in [-0.39, 0.29) is 5.91 Å². The minimum absolute atomic E-state index is 0.0827. The molecule has 144 valence electrons. The Labute approximate surface area is 173 Å². The summed E-state index contributed by atoms with van der Waals surface area (Å²) in [4.78, 5) is 13.2. The summed E-state index contributed by atoms with van der Waals surface area (Å²) in [5.74, 6) is -0.0827. The fourth-order valence-electron chi connectivity index (χ4n) is 2.56. The Balaban J connectivity index is 1.83. The minimum Gasteiger partial charge on any atom is -0.357 e. The number of carbonyl (C=O) groups is 1. The zero-order valence-corrected chi connectivity index (χ0v) is 17.4. The fraction of sp³-hybridized carbons (Fsp3) is 0.190. The Hall–Kier alpha value is -2.64. The Bertz CT molecular complexity index is 956. The standard InChI is InChI=1S/C21H22N4OS2/c1-4-12-22-20-24-25-21(28-20)27-18(16-8-6-5-7-9-16)19(26)23-17-13-14(2)10-11-15(17)3/h4-11,13,18H,1,12H2,2-3H3,(H,22,24)(H,23,26). The van der Waals surface area contributed by atoms with Crippen molar-refractivity contribution >= 4 is 39.8 Å². The van der Waals surface area contributed by atoms with E-state index in [9.17, 15) is 4.79 Å². The van der Waals surface area contributed by atoms with Gasteiger partial charge < -0.3 is 10.6 Å². The minimum atomic E-state index is -0.429. The van der Waals surface area contributed by atoms with Crippen LogP contribution in [-0.2, 0) is 4.79 Å². The van der Waals surface area contributed by atoms with E-state index in [1.807, 2.05) is 62.4 Å². The van der Waals surface area contributed by atoms with Crippen LogP contribution in [0.15, 0.2) is 65.5 Å². The molecule has 3 rings (SSSR count). The van der Waals surface area contributed by atoms with Crippen LogP contribution in [0, 0.1) is 13.8 Å². The number of rotatable bonds is 8. The molecular weight excluding hydrogens is 388 g/mol. The van der Waals surface area contributed by atoms with Gasteiger partial charge in [-0.25, -0.2) is 0 Å². The summed E-state index contributed by atoms with van der Waals surface area (Å²) in [5, 5.41) is 14.8. The molecule has 1 aromatic heterocycles. The van der Waals surface area contributed by atoms with Crippen molar-refractivity contribution in [3.63, 3.8) is 0 Å². The van der Waals surface area contributed by atoms with Crippen molar-refractivity contribution in [2.45, 2.75) is 23.4 Å². The molecular formula is C21H22N4OS2. The highest BCUT2D eigenvalue weighted by Gasteiger charge is 2.24. The molecule has 0 bridgehead atoms. The van der Waals surface area contributed by atoms with E-state index in [1.165, 1.54) is 23.1 Å². The first-order chi connectivity index (χ1) is 13.6. The van der Waals surface area contributed by atoms with Crippen molar-refractivity contribution in [2.24, 2.45) is 0 Å². The molecule has 0 aliphatic rings. The highest BCUT2D eigenvalue weighted by atomic mass is 32.2. The first kappa shape index (κ1) is 20.1. The zero-order chi connectivity index (χ0) is 19.9. The van der Waals surface area contributed by atoms with Gasteiger partial charge >= 0.3 is 0 Å². The molecule has 2 aromatic carbocycles. The topological polar surface area (TPSA) is 66.9 Å².